The Labute approximate surface area is 134 Å². The predicted molar refractivity (Wildman–Crippen MR) is 72.5 cm³/mol. The van der Waals surface area contributed by atoms with Crippen molar-refractivity contribution in [2.75, 3.05) is 11.4 Å². The predicted octanol–water partition coefficient (Wildman–Crippen LogP) is 0.742. The summed E-state index contributed by atoms with van der Waals surface area (Å²) in [6, 6.07) is 4.38. The Morgan fingerprint density at radius 3 is 2.79 bits per heavy atom. The molecule has 0 saturated carbocycles. The molecule has 0 aliphatic carbocycles. The lowest BCUT2D eigenvalue weighted by molar-refractivity contribution is -0.313. The number of fused-ring (bicyclic) bond motifs is 1. The zero-order valence-electron chi connectivity index (χ0n) is 12.1. The number of hydrogen-bond acceptors (Lipinski definition) is 4. The van der Waals surface area contributed by atoms with Crippen LogP contribution >= 0.6 is 0 Å². The summed E-state index contributed by atoms with van der Waals surface area (Å²) < 4.78 is 44.3. The number of amides is 1. The molecule has 2 saturated heterocycles. The molecular weight excluding hydrogens is 327 g/mol. The van der Waals surface area contributed by atoms with Gasteiger partial charge < -0.3 is 19.5 Å². The first kappa shape index (κ1) is 15.2. The first-order valence-corrected chi connectivity index (χ1v) is 7.30. The largest absolute Gasteiger partial charge is 0.550 e. The lowest BCUT2D eigenvalue weighted by atomic mass is 9.77. The lowest BCUT2D eigenvalue weighted by Gasteiger charge is -2.24. The number of rotatable bonds is 2. The number of carbonyl (C=O) groups is 2. The van der Waals surface area contributed by atoms with Crippen molar-refractivity contribution in [3.8, 4) is 0 Å². The van der Waals surface area contributed by atoms with Crippen LogP contribution in [0.2, 0.25) is 0 Å². The molecule has 3 heterocycles. The lowest BCUT2D eigenvalue weighted by Crippen LogP contribution is -2.45. The van der Waals surface area contributed by atoms with Crippen LogP contribution in [-0.4, -0.2) is 30.1 Å². The number of aliphatic carboxylic acids is 1. The number of hydrogen-bond donors (Lipinski definition) is 0. The van der Waals surface area contributed by atoms with E-state index in [-0.39, 0.29) is 12.2 Å². The molecule has 4 rings (SSSR count). The van der Waals surface area contributed by atoms with Gasteiger partial charge in [-0.05, 0) is 18.2 Å². The Bertz CT molecular complexity index is 775. The van der Waals surface area contributed by atoms with Crippen LogP contribution in [0.3, 0.4) is 0 Å². The summed E-state index contributed by atoms with van der Waals surface area (Å²) in [6.07, 6.45) is -2.06. The summed E-state index contributed by atoms with van der Waals surface area (Å²) in [6.45, 7) is -0.0193. The third kappa shape index (κ3) is 1.92. The normalized spacial score (nSPS) is 34.0. The molecule has 0 N–H and O–H groups in total. The Kier molecular flexibility index (Phi) is 2.91. The summed E-state index contributed by atoms with van der Waals surface area (Å²) in [5, 5.41) is 11.4. The van der Waals surface area contributed by atoms with Crippen molar-refractivity contribution in [1.82, 2.24) is 0 Å². The van der Waals surface area contributed by atoms with E-state index in [1.807, 2.05) is 0 Å². The molecule has 3 aliphatic heterocycles. The van der Waals surface area contributed by atoms with Crippen molar-refractivity contribution in [2.24, 2.45) is 11.8 Å². The Morgan fingerprint density at radius 2 is 2.12 bits per heavy atom. The second-order valence-electron chi connectivity index (χ2n) is 6.19. The maximum absolute atomic E-state index is 12.9. The van der Waals surface area contributed by atoms with Gasteiger partial charge in [-0.2, -0.15) is 13.2 Å². The van der Waals surface area contributed by atoms with Gasteiger partial charge in [-0.1, -0.05) is 18.2 Å². The monoisotopic (exact) mass is 338 g/mol. The number of anilines is 1. The van der Waals surface area contributed by atoms with Crippen LogP contribution in [-0.2, 0) is 20.5 Å². The van der Waals surface area contributed by atoms with Crippen molar-refractivity contribution < 1.29 is 32.6 Å². The molecule has 4 atom stereocenters. The highest BCUT2D eigenvalue weighted by Crippen LogP contribution is 2.52. The maximum atomic E-state index is 12.9. The van der Waals surface area contributed by atoms with Gasteiger partial charge in [-0.25, -0.2) is 0 Å². The Hall–Kier alpha value is -2.35. The molecule has 3 aliphatic rings. The fourth-order valence-corrected chi connectivity index (χ4v) is 3.84. The van der Waals surface area contributed by atoms with Crippen LogP contribution < -0.4 is 10.0 Å². The van der Waals surface area contributed by atoms with Crippen LogP contribution in [0.4, 0.5) is 18.9 Å². The number of alkyl halides is 3. The summed E-state index contributed by atoms with van der Waals surface area (Å²) in [5.74, 6) is -4.06. The smallest absolute Gasteiger partial charge is 0.416 e. The number of halogens is 3. The number of benzene rings is 1. The molecule has 2 bridgehead atoms. The van der Waals surface area contributed by atoms with Gasteiger partial charge in [0, 0.05) is 17.6 Å². The van der Waals surface area contributed by atoms with Gasteiger partial charge >= 0.3 is 6.18 Å². The molecule has 8 heteroatoms. The van der Waals surface area contributed by atoms with E-state index in [2.05, 4.69) is 0 Å². The second-order valence-corrected chi connectivity index (χ2v) is 6.19. The molecule has 126 valence electrons. The summed E-state index contributed by atoms with van der Waals surface area (Å²) in [5.41, 5.74) is -1.92. The van der Waals surface area contributed by atoms with Crippen LogP contribution in [0.15, 0.2) is 36.4 Å². The quantitative estimate of drug-likeness (QED) is 0.746. The van der Waals surface area contributed by atoms with E-state index in [1.165, 1.54) is 12.1 Å². The third-order valence-electron chi connectivity index (χ3n) is 4.86. The first-order valence-electron chi connectivity index (χ1n) is 7.30. The summed E-state index contributed by atoms with van der Waals surface area (Å²) in [7, 11) is 0. The van der Waals surface area contributed by atoms with E-state index in [4.69, 9.17) is 4.74 Å². The zero-order valence-corrected chi connectivity index (χ0v) is 12.1. The average molecular weight is 338 g/mol. The minimum absolute atomic E-state index is 0.0193. The Morgan fingerprint density at radius 1 is 1.38 bits per heavy atom. The van der Waals surface area contributed by atoms with Crippen molar-refractivity contribution in [3.63, 3.8) is 0 Å². The second kappa shape index (κ2) is 4.60. The summed E-state index contributed by atoms with van der Waals surface area (Å²) >= 11 is 0. The van der Waals surface area contributed by atoms with E-state index in [0.29, 0.717) is 0 Å². The van der Waals surface area contributed by atoms with Gasteiger partial charge in [0.15, 0.2) is 0 Å². The SMILES string of the molecule is O=C([O-])[C@H]1[C@H]2C=C[C@@]3(CN(c4cccc(C(F)(F)F)c4)C(=O)[C@@H]13)O2. The number of ether oxygens (including phenoxy) is 1. The minimum Gasteiger partial charge on any atom is -0.550 e. The molecule has 1 amide bonds. The van der Waals surface area contributed by atoms with E-state index in [1.54, 1.807) is 12.2 Å². The van der Waals surface area contributed by atoms with Gasteiger partial charge in [-0.15, -0.1) is 0 Å². The van der Waals surface area contributed by atoms with Crippen LogP contribution in [0, 0.1) is 11.8 Å². The highest BCUT2D eigenvalue weighted by Gasteiger charge is 2.65. The van der Waals surface area contributed by atoms with Gasteiger partial charge in [0.1, 0.15) is 5.60 Å². The molecule has 1 spiro atoms. The van der Waals surface area contributed by atoms with Gasteiger partial charge in [0.25, 0.3) is 0 Å². The van der Waals surface area contributed by atoms with Gasteiger partial charge in [0.2, 0.25) is 5.91 Å². The fraction of sp³-hybridized carbons (Fsp3) is 0.375. The first-order chi connectivity index (χ1) is 11.2. The number of nitrogens with zero attached hydrogens (tertiary/aromatic N) is 1. The standard InChI is InChI=1S/C16H12F3NO4/c17-16(18,19)8-2-1-3-9(6-8)20-7-15-5-4-10(24-15)11(14(22)23)12(15)13(20)21/h1-6,10-12H,7H2,(H,22,23)/p-1/t10-,11+,12-,15+/m1/s1. The highest BCUT2D eigenvalue weighted by atomic mass is 19.4. The molecule has 0 unspecified atom stereocenters. The van der Waals surface area contributed by atoms with Crippen LogP contribution in [0.5, 0.6) is 0 Å². The van der Waals surface area contributed by atoms with Crippen molar-refractivity contribution >= 4 is 17.6 Å². The number of carboxylic acid groups (broad SMARTS) is 1. The molecule has 0 aromatic heterocycles. The van der Waals surface area contributed by atoms with Crippen LogP contribution in [0.25, 0.3) is 0 Å². The van der Waals surface area contributed by atoms with Crippen molar-refractivity contribution in [2.45, 2.75) is 17.9 Å². The molecule has 1 aromatic rings. The number of carbonyl (C=O) groups excluding carboxylic acids is 2. The maximum Gasteiger partial charge on any atom is 0.416 e. The molecule has 1 aromatic carbocycles. The van der Waals surface area contributed by atoms with Gasteiger partial charge in [-0.3, -0.25) is 4.79 Å². The third-order valence-corrected chi connectivity index (χ3v) is 4.86. The van der Waals surface area contributed by atoms with Gasteiger partial charge in [0.05, 0.1) is 24.1 Å². The van der Waals surface area contributed by atoms with E-state index in [9.17, 15) is 27.9 Å². The summed E-state index contributed by atoms with van der Waals surface area (Å²) in [4.78, 5) is 25.2. The number of carboxylic acids is 1. The van der Waals surface area contributed by atoms with E-state index < -0.39 is 47.2 Å². The molecule has 2 fully saturated rings. The molecule has 5 nitrogen and oxygen atoms in total. The van der Waals surface area contributed by atoms with Crippen LogP contribution in [0.1, 0.15) is 5.56 Å². The zero-order chi connectivity index (χ0) is 17.3. The Balaban J connectivity index is 1.72. The fourth-order valence-electron chi connectivity index (χ4n) is 3.84. The minimum atomic E-state index is -4.53. The average Bonchev–Trinajstić information content (AvgIpc) is 3.15. The molecule has 0 radical (unpaired) electrons. The highest BCUT2D eigenvalue weighted by molar-refractivity contribution is 6.02. The van der Waals surface area contributed by atoms with E-state index >= 15 is 0 Å². The molecular formula is C16H11F3NO4-. The molecule has 24 heavy (non-hydrogen) atoms. The topological polar surface area (TPSA) is 69.7 Å². The van der Waals surface area contributed by atoms with E-state index in [0.717, 1.165) is 17.0 Å². The van der Waals surface area contributed by atoms with Crippen molar-refractivity contribution in [3.05, 3.63) is 42.0 Å². The van der Waals surface area contributed by atoms with Crippen molar-refractivity contribution in [1.29, 1.82) is 0 Å².